The zero-order valence-corrected chi connectivity index (χ0v) is 16.4. The summed E-state index contributed by atoms with van der Waals surface area (Å²) in [5, 5.41) is 0. The smallest absolute Gasteiger partial charge is 0.343 e. The van der Waals surface area contributed by atoms with Crippen LogP contribution in [0.25, 0.3) is 0 Å². The maximum atomic E-state index is 12.3. The van der Waals surface area contributed by atoms with Crippen molar-refractivity contribution in [1.29, 1.82) is 0 Å². The molecule has 0 fully saturated rings. The molecule has 0 aliphatic heterocycles. The lowest BCUT2D eigenvalue weighted by atomic mass is 9.98. The topological polar surface area (TPSA) is 52.6 Å². The molecule has 27 heavy (non-hydrogen) atoms. The van der Waals surface area contributed by atoms with Gasteiger partial charge in [0.25, 0.3) is 0 Å². The van der Waals surface area contributed by atoms with Gasteiger partial charge in [0.15, 0.2) is 0 Å². The summed E-state index contributed by atoms with van der Waals surface area (Å²) in [6.07, 6.45) is 3.95. The van der Waals surface area contributed by atoms with Gasteiger partial charge in [-0.2, -0.15) is 0 Å². The Labute approximate surface area is 161 Å². The molecular weight excluding hydrogens is 340 g/mol. The van der Waals surface area contributed by atoms with Crippen LogP contribution >= 0.6 is 0 Å². The third-order valence-corrected chi connectivity index (χ3v) is 4.50. The Bertz CT molecular complexity index is 732. The van der Waals surface area contributed by atoms with Gasteiger partial charge in [-0.05, 0) is 60.7 Å². The van der Waals surface area contributed by atoms with E-state index in [9.17, 15) is 9.59 Å². The molecule has 0 heterocycles. The van der Waals surface area contributed by atoms with Crippen LogP contribution in [0.1, 0.15) is 66.3 Å². The average molecular weight is 368 g/mol. The zero-order valence-electron chi connectivity index (χ0n) is 16.4. The molecule has 1 unspecified atom stereocenters. The van der Waals surface area contributed by atoms with Crippen LogP contribution in [0.5, 0.6) is 5.75 Å². The van der Waals surface area contributed by atoms with Crippen LogP contribution in [0.3, 0.4) is 0 Å². The van der Waals surface area contributed by atoms with Gasteiger partial charge in [0.2, 0.25) is 0 Å². The van der Waals surface area contributed by atoms with Crippen LogP contribution in [0.4, 0.5) is 0 Å². The Balaban J connectivity index is 1.92. The van der Waals surface area contributed by atoms with Gasteiger partial charge in [-0.3, -0.25) is 0 Å². The van der Waals surface area contributed by atoms with Crippen LogP contribution in [-0.4, -0.2) is 18.5 Å². The normalized spacial score (nSPS) is 11.7. The number of carbonyl (C=O) groups is 2. The molecule has 2 aromatic carbocycles. The predicted octanol–water partition coefficient (Wildman–Crippen LogP) is 5.45. The highest BCUT2D eigenvalue weighted by atomic mass is 16.5. The molecule has 2 aromatic rings. The van der Waals surface area contributed by atoms with Gasteiger partial charge >= 0.3 is 11.9 Å². The summed E-state index contributed by atoms with van der Waals surface area (Å²) >= 11 is 0. The molecule has 0 amide bonds. The lowest BCUT2D eigenvalue weighted by molar-refractivity contribution is 0.0499. The predicted molar refractivity (Wildman–Crippen MR) is 106 cm³/mol. The van der Waals surface area contributed by atoms with Crippen LogP contribution in [0.15, 0.2) is 48.5 Å². The van der Waals surface area contributed by atoms with E-state index in [-0.39, 0.29) is 5.97 Å². The highest BCUT2D eigenvalue weighted by Crippen LogP contribution is 2.17. The van der Waals surface area contributed by atoms with Crippen molar-refractivity contribution < 1.29 is 19.1 Å². The number of carbonyl (C=O) groups excluding carboxylic acids is 2. The highest BCUT2D eigenvalue weighted by Gasteiger charge is 2.11. The maximum absolute atomic E-state index is 12.3. The van der Waals surface area contributed by atoms with Crippen molar-refractivity contribution >= 4 is 11.9 Å². The number of hydrogen-bond donors (Lipinski definition) is 0. The number of esters is 2. The number of benzene rings is 2. The van der Waals surface area contributed by atoms with Crippen LogP contribution < -0.4 is 4.74 Å². The Morgan fingerprint density at radius 2 is 1.48 bits per heavy atom. The van der Waals surface area contributed by atoms with Crippen LogP contribution in [0.2, 0.25) is 0 Å². The summed E-state index contributed by atoms with van der Waals surface area (Å²) in [6.45, 7) is 6.84. The van der Waals surface area contributed by atoms with Crippen molar-refractivity contribution in [3.05, 3.63) is 65.2 Å². The molecule has 4 heteroatoms. The van der Waals surface area contributed by atoms with E-state index in [1.165, 1.54) is 5.56 Å². The first-order valence-corrected chi connectivity index (χ1v) is 9.61. The summed E-state index contributed by atoms with van der Waals surface area (Å²) in [5.41, 5.74) is 2.16. The molecular formula is C23H28O4. The Morgan fingerprint density at radius 1 is 0.889 bits per heavy atom. The molecule has 0 aliphatic rings. The van der Waals surface area contributed by atoms with Crippen molar-refractivity contribution in [3.8, 4) is 5.75 Å². The van der Waals surface area contributed by atoms with Crippen LogP contribution in [-0.2, 0) is 11.2 Å². The van der Waals surface area contributed by atoms with E-state index in [0.717, 1.165) is 25.7 Å². The molecule has 1 atom stereocenters. The van der Waals surface area contributed by atoms with Crippen molar-refractivity contribution in [2.45, 2.75) is 46.5 Å². The van der Waals surface area contributed by atoms with Gasteiger partial charge in [-0.25, -0.2) is 9.59 Å². The minimum atomic E-state index is -0.414. The molecule has 0 aromatic heterocycles. The summed E-state index contributed by atoms with van der Waals surface area (Å²) in [4.78, 5) is 24.2. The van der Waals surface area contributed by atoms with E-state index in [0.29, 0.717) is 29.4 Å². The Hall–Kier alpha value is -2.62. The zero-order chi connectivity index (χ0) is 19.6. The average Bonchev–Trinajstić information content (AvgIpc) is 2.69. The second-order valence-electron chi connectivity index (χ2n) is 6.82. The van der Waals surface area contributed by atoms with Crippen LogP contribution in [0, 0.1) is 5.92 Å². The summed E-state index contributed by atoms with van der Waals surface area (Å²) in [7, 11) is 0. The van der Waals surface area contributed by atoms with Gasteiger partial charge in [-0.1, -0.05) is 45.7 Å². The molecule has 0 aliphatic carbocycles. The fraction of sp³-hybridized carbons (Fsp3) is 0.391. The molecule has 0 N–H and O–H groups in total. The first-order chi connectivity index (χ1) is 13.0. The summed E-state index contributed by atoms with van der Waals surface area (Å²) < 4.78 is 10.5. The van der Waals surface area contributed by atoms with Crippen molar-refractivity contribution in [2.24, 2.45) is 5.92 Å². The molecule has 0 spiro atoms. The van der Waals surface area contributed by atoms with E-state index < -0.39 is 5.97 Å². The molecule has 2 rings (SSSR count). The number of unbranched alkanes of at least 4 members (excludes halogenated alkanes) is 1. The lowest BCUT2D eigenvalue weighted by Gasteiger charge is -2.09. The summed E-state index contributed by atoms with van der Waals surface area (Å²) in [5.74, 6) is 0.241. The Morgan fingerprint density at radius 3 is 2.07 bits per heavy atom. The standard InChI is InChI=1S/C23H28O4/c1-4-6-15-26-22(24)19-11-13-21(14-12-19)27-23(25)20-9-7-18(8-10-20)16-17(3)5-2/h7-14,17H,4-6,15-16H2,1-3H3. The number of ether oxygens (including phenoxy) is 2. The van der Waals surface area contributed by atoms with E-state index in [4.69, 9.17) is 9.47 Å². The number of hydrogen-bond acceptors (Lipinski definition) is 4. The van der Waals surface area contributed by atoms with Crippen molar-refractivity contribution in [3.63, 3.8) is 0 Å². The van der Waals surface area contributed by atoms with E-state index in [1.54, 1.807) is 36.4 Å². The molecule has 0 radical (unpaired) electrons. The third kappa shape index (κ3) is 6.55. The van der Waals surface area contributed by atoms with Crippen molar-refractivity contribution in [1.82, 2.24) is 0 Å². The lowest BCUT2D eigenvalue weighted by Crippen LogP contribution is -2.09. The number of rotatable bonds is 9. The first-order valence-electron chi connectivity index (χ1n) is 9.61. The van der Waals surface area contributed by atoms with E-state index >= 15 is 0 Å². The SMILES string of the molecule is CCCCOC(=O)c1ccc(OC(=O)c2ccc(CC(C)CC)cc2)cc1. The Kier molecular flexibility index (Phi) is 8.05. The molecule has 0 bridgehead atoms. The second-order valence-corrected chi connectivity index (χ2v) is 6.82. The second kappa shape index (κ2) is 10.5. The van der Waals surface area contributed by atoms with Gasteiger partial charge < -0.3 is 9.47 Å². The largest absolute Gasteiger partial charge is 0.462 e. The third-order valence-electron chi connectivity index (χ3n) is 4.50. The molecule has 144 valence electrons. The fourth-order valence-electron chi connectivity index (χ4n) is 2.54. The fourth-order valence-corrected chi connectivity index (χ4v) is 2.54. The molecule has 0 saturated carbocycles. The van der Waals surface area contributed by atoms with E-state index in [1.807, 2.05) is 19.1 Å². The van der Waals surface area contributed by atoms with Gasteiger partial charge in [0, 0.05) is 0 Å². The minimum absolute atomic E-state index is 0.363. The first kappa shape index (κ1) is 20.7. The van der Waals surface area contributed by atoms with E-state index in [2.05, 4.69) is 13.8 Å². The maximum Gasteiger partial charge on any atom is 0.343 e. The van der Waals surface area contributed by atoms with Crippen molar-refractivity contribution in [2.75, 3.05) is 6.61 Å². The van der Waals surface area contributed by atoms with Gasteiger partial charge in [0.05, 0.1) is 17.7 Å². The molecule has 0 saturated heterocycles. The minimum Gasteiger partial charge on any atom is -0.462 e. The van der Waals surface area contributed by atoms with Gasteiger partial charge in [-0.15, -0.1) is 0 Å². The highest BCUT2D eigenvalue weighted by molar-refractivity contribution is 5.92. The monoisotopic (exact) mass is 368 g/mol. The van der Waals surface area contributed by atoms with Gasteiger partial charge in [0.1, 0.15) is 5.75 Å². The quantitative estimate of drug-likeness (QED) is 0.335. The molecule has 4 nitrogen and oxygen atoms in total. The summed E-state index contributed by atoms with van der Waals surface area (Å²) in [6, 6.07) is 13.9.